The van der Waals surface area contributed by atoms with E-state index in [0.29, 0.717) is 19.4 Å². The zero-order valence-electron chi connectivity index (χ0n) is 11.6. The average Bonchev–Trinajstić information content (AvgIpc) is 2.38. The third-order valence-electron chi connectivity index (χ3n) is 3.59. The van der Waals surface area contributed by atoms with Crippen LogP contribution in [0.4, 0.5) is 0 Å². The van der Waals surface area contributed by atoms with Crippen LogP contribution in [0, 0.1) is 5.92 Å². The number of carbonyl (C=O) groups excluding carboxylic acids is 1. The summed E-state index contributed by atoms with van der Waals surface area (Å²) in [5.74, 6) is 0.188. The highest BCUT2D eigenvalue weighted by Crippen LogP contribution is 2.31. The molecule has 1 rings (SSSR count). The smallest absolute Gasteiger partial charge is 0.120 e. The lowest BCUT2D eigenvalue weighted by Gasteiger charge is -2.44. The molecule has 1 aliphatic heterocycles. The second-order valence-corrected chi connectivity index (χ2v) is 4.67. The van der Waals surface area contributed by atoms with Gasteiger partial charge in [0, 0.05) is 33.7 Å². The zero-order chi connectivity index (χ0) is 13.5. The van der Waals surface area contributed by atoms with E-state index in [1.807, 2.05) is 0 Å². The molecule has 0 aromatic rings. The van der Waals surface area contributed by atoms with Gasteiger partial charge in [-0.05, 0) is 6.42 Å². The molecule has 1 saturated heterocycles. The number of hydrogen-bond acceptors (Lipinski definition) is 5. The Bertz CT molecular complexity index is 246. The molecule has 0 bridgehead atoms. The first-order chi connectivity index (χ1) is 8.69. The molecule has 0 aromatic heterocycles. The number of hydrogen-bond donors (Lipinski definition) is 0. The van der Waals surface area contributed by atoms with Gasteiger partial charge in [-0.2, -0.15) is 0 Å². The summed E-state index contributed by atoms with van der Waals surface area (Å²) in [4.78, 5) is 10.5. The number of methoxy groups -OCH3 is 3. The van der Waals surface area contributed by atoms with Crippen LogP contribution in [0.5, 0.6) is 0 Å². The maximum Gasteiger partial charge on any atom is 0.120 e. The van der Waals surface area contributed by atoms with Crippen LogP contribution < -0.4 is 0 Å². The SMILES string of the molecule is COCC1OC(CCC=O)C(C)C(OC)C1OC. The molecule has 5 nitrogen and oxygen atoms in total. The number of rotatable bonds is 7. The molecule has 18 heavy (non-hydrogen) atoms. The van der Waals surface area contributed by atoms with Gasteiger partial charge in [-0.15, -0.1) is 0 Å². The molecule has 0 spiro atoms. The van der Waals surface area contributed by atoms with Crippen molar-refractivity contribution in [3.05, 3.63) is 0 Å². The minimum absolute atomic E-state index is 0.00620. The van der Waals surface area contributed by atoms with Crippen LogP contribution in [-0.2, 0) is 23.7 Å². The monoisotopic (exact) mass is 260 g/mol. The molecule has 0 saturated carbocycles. The first-order valence-corrected chi connectivity index (χ1v) is 6.33. The molecular formula is C13H24O5. The third kappa shape index (κ3) is 3.51. The van der Waals surface area contributed by atoms with Crippen molar-refractivity contribution in [2.75, 3.05) is 27.9 Å². The molecular weight excluding hydrogens is 236 g/mol. The van der Waals surface area contributed by atoms with Crippen LogP contribution in [-0.4, -0.2) is 58.6 Å². The Morgan fingerprint density at radius 2 is 1.78 bits per heavy atom. The normalized spacial score (nSPS) is 36.6. The molecule has 0 radical (unpaired) electrons. The van der Waals surface area contributed by atoms with Crippen molar-refractivity contribution in [1.82, 2.24) is 0 Å². The van der Waals surface area contributed by atoms with Crippen LogP contribution >= 0.6 is 0 Å². The maximum atomic E-state index is 10.5. The summed E-state index contributed by atoms with van der Waals surface area (Å²) < 4.78 is 22.2. The highest BCUT2D eigenvalue weighted by Gasteiger charge is 2.43. The van der Waals surface area contributed by atoms with Gasteiger partial charge in [0.2, 0.25) is 0 Å². The topological polar surface area (TPSA) is 54.0 Å². The largest absolute Gasteiger partial charge is 0.382 e. The Morgan fingerprint density at radius 3 is 2.28 bits per heavy atom. The Balaban J connectivity index is 2.76. The van der Waals surface area contributed by atoms with Crippen molar-refractivity contribution in [3.8, 4) is 0 Å². The van der Waals surface area contributed by atoms with Crippen molar-refractivity contribution in [1.29, 1.82) is 0 Å². The lowest BCUT2D eigenvalue weighted by atomic mass is 9.86. The van der Waals surface area contributed by atoms with E-state index in [-0.39, 0.29) is 30.3 Å². The summed E-state index contributed by atoms with van der Waals surface area (Å²) in [5.41, 5.74) is 0. The molecule has 0 aliphatic carbocycles. The average molecular weight is 260 g/mol. The van der Waals surface area contributed by atoms with Crippen LogP contribution in [0.15, 0.2) is 0 Å². The van der Waals surface area contributed by atoms with Crippen LogP contribution in [0.1, 0.15) is 19.8 Å². The van der Waals surface area contributed by atoms with Crippen molar-refractivity contribution < 1.29 is 23.7 Å². The Hall–Kier alpha value is -0.490. The van der Waals surface area contributed by atoms with Crippen molar-refractivity contribution in [2.45, 2.75) is 44.2 Å². The lowest BCUT2D eigenvalue weighted by Crippen LogP contribution is -2.56. The second-order valence-electron chi connectivity index (χ2n) is 4.67. The van der Waals surface area contributed by atoms with Crippen molar-refractivity contribution in [3.63, 3.8) is 0 Å². The molecule has 5 unspecified atom stereocenters. The van der Waals surface area contributed by atoms with E-state index >= 15 is 0 Å². The van der Waals surface area contributed by atoms with E-state index < -0.39 is 0 Å². The van der Waals surface area contributed by atoms with E-state index in [4.69, 9.17) is 18.9 Å². The van der Waals surface area contributed by atoms with Gasteiger partial charge in [0.1, 0.15) is 18.5 Å². The summed E-state index contributed by atoms with van der Waals surface area (Å²) in [6.45, 7) is 2.53. The third-order valence-corrected chi connectivity index (χ3v) is 3.59. The number of carbonyl (C=O) groups is 1. The van der Waals surface area contributed by atoms with Gasteiger partial charge in [-0.1, -0.05) is 6.92 Å². The molecule has 1 aliphatic rings. The van der Waals surface area contributed by atoms with Gasteiger partial charge in [-0.3, -0.25) is 0 Å². The summed E-state index contributed by atoms with van der Waals surface area (Å²) in [6, 6.07) is 0. The molecule has 0 amide bonds. The summed E-state index contributed by atoms with van der Waals surface area (Å²) in [5, 5.41) is 0. The Morgan fingerprint density at radius 1 is 1.11 bits per heavy atom. The fourth-order valence-electron chi connectivity index (χ4n) is 2.64. The number of aldehydes is 1. The molecule has 0 aromatic carbocycles. The zero-order valence-corrected chi connectivity index (χ0v) is 11.6. The quantitative estimate of drug-likeness (QED) is 0.640. The molecule has 0 N–H and O–H groups in total. The van der Waals surface area contributed by atoms with Gasteiger partial charge < -0.3 is 23.7 Å². The van der Waals surface area contributed by atoms with Crippen LogP contribution in [0.3, 0.4) is 0 Å². The van der Waals surface area contributed by atoms with Gasteiger partial charge in [-0.25, -0.2) is 0 Å². The minimum Gasteiger partial charge on any atom is -0.382 e. The minimum atomic E-state index is -0.155. The maximum absolute atomic E-state index is 10.5. The predicted octanol–water partition coefficient (Wildman–Crippen LogP) is 1.05. The van der Waals surface area contributed by atoms with Crippen molar-refractivity contribution >= 4 is 6.29 Å². The first-order valence-electron chi connectivity index (χ1n) is 6.33. The van der Waals surface area contributed by atoms with Gasteiger partial charge in [0.05, 0.1) is 18.8 Å². The summed E-state index contributed by atoms with van der Waals surface area (Å²) in [6.07, 6.45) is 1.80. The molecule has 5 heteroatoms. The standard InChI is InChI=1S/C13H24O5/c1-9-10(6-5-7-14)18-11(8-15-2)13(17-4)12(9)16-3/h7,9-13H,5-6,8H2,1-4H3. The van der Waals surface area contributed by atoms with Gasteiger partial charge >= 0.3 is 0 Å². The van der Waals surface area contributed by atoms with E-state index in [9.17, 15) is 4.79 Å². The molecule has 1 fully saturated rings. The predicted molar refractivity (Wildman–Crippen MR) is 66.6 cm³/mol. The van der Waals surface area contributed by atoms with Gasteiger partial charge in [0.25, 0.3) is 0 Å². The van der Waals surface area contributed by atoms with E-state index in [2.05, 4.69) is 6.92 Å². The molecule has 5 atom stereocenters. The Kier molecular flexibility index (Phi) is 6.78. The highest BCUT2D eigenvalue weighted by atomic mass is 16.6. The fourth-order valence-corrected chi connectivity index (χ4v) is 2.64. The van der Waals surface area contributed by atoms with Crippen molar-refractivity contribution in [2.24, 2.45) is 5.92 Å². The Labute approximate surface area is 109 Å². The summed E-state index contributed by atoms with van der Waals surface area (Å²) >= 11 is 0. The molecule has 1 heterocycles. The van der Waals surface area contributed by atoms with E-state index in [1.165, 1.54) is 0 Å². The van der Waals surface area contributed by atoms with Crippen LogP contribution in [0.25, 0.3) is 0 Å². The summed E-state index contributed by atoms with van der Waals surface area (Å²) in [7, 11) is 4.97. The second kappa shape index (κ2) is 7.84. The van der Waals surface area contributed by atoms with Crippen LogP contribution in [0.2, 0.25) is 0 Å². The van der Waals surface area contributed by atoms with Gasteiger partial charge in [0.15, 0.2) is 0 Å². The molecule has 106 valence electrons. The van der Waals surface area contributed by atoms with E-state index in [0.717, 1.165) is 6.29 Å². The highest BCUT2D eigenvalue weighted by molar-refractivity contribution is 5.49. The lowest BCUT2D eigenvalue weighted by molar-refractivity contribution is -0.223. The number of ether oxygens (including phenoxy) is 4. The fraction of sp³-hybridized carbons (Fsp3) is 0.923. The van der Waals surface area contributed by atoms with E-state index in [1.54, 1.807) is 21.3 Å². The first kappa shape index (κ1) is 15.6.